The van der Waals surface area contributed by atoms with Crippen LogP contribution >= 0.6 is 0 Å². The molecule has 2 rings (SSSR count). The highest BCUT2D eigenvalue weighted by molar-refractivity contribution is 5.98. The first-order valence-electron chi connectivity index (χ1n) is 8.38. The summed E-state index contributed by atoms with van der Waals surface area (Å²) in [5, 5.41) is 11.8. The van der Waals surface area contributed by atoms with Gasteiger partial charge in [0, 0.05) is 6.54 Å². The third-order valence-electron chi connectivity index (χ3n) is 3.73. The van der Waals surface area contributed by atoms with Gasteiger partial charge in [-0.3, -0.25) is 4.79 Å². The summed E-state index contributed by atoms with van der Waals surface area (Å²) in [5.41, 5.74) is 1.28. The van der Waals surface area contributed by atoms with Crippen molar-refractivity contribution >= 4 is 18.0 Å². The van der Waals surface area contributed by atoms with Gasteiger partial charge in [-0.2, -0.15) is 5.26 Å². The van der Waals surface area contributed by atoms with E-state index in [1.165, 1.54) is 6.08 Å². The van der Waals surface area contributed by atoms with E-state index in [2.05, 4.69) is 5.32 Å². The normalized spacial score (nSPS) is 10.5. The highest BCUT2D eigenvalue weighted by atomic mass is 16.5. The summed E-state index contributed by atoms with van der Waals surface area (Å²) in [6.07, 6.45) is 1.38. The van der Waals surface area contributed by atoms with Crippen LogP contribution in [0, 0.1) is 11.3 Å². The Labute approximate surface area is 163 Å². The lowest BCUT2D eigenvalue weighted by Crippen LogP contribution is -2.28. The van der Waals surface area contributed by atoms with Gasteiger partial charge in [0.1, 0.15) is 23.1 Å². The van der Waals surface area contributed by atoms with E-state index in [1.807, 2.05) is 12.1 Å². The second-order valence-electron chi connectivity index (χ2n) is 5.65. The molecule has 0 saturated carbocycles. The number of hydrogen-bond donors (Lipinski definition) is 1. The van der Waals surface area contributed by atoms with Gasteiger partial charge in [0.25, 0.3) is 5.91 Å². The summed E-state index contributed by atoms with van der Waals surface area (Å²) in [7, 11) is 3.10. The Kier molecular flexibility index (Phi) is 7.61. The molecule has 0 heterocycles. The van der Waals surface area contributed by atoms with E-state index in [1.54, 1.807) is 56.7 Å². The molecule has 0 bridgehead atoms. The summed E-state index contributed by atoms with van der Waals surface area (Å²) in [4.78, 5) is 23.9. The lowest BCUT2D eigenvalue weighted by Gasteiger charge is -2.07. The van der Waals surface area contributed by atoms with Crippen LogP contribution in [0.2, 0.25) is 0 Å². The first-order chi connectivity index (χ1) is 13.5. The molecule has 0 aliphatic carbocycles. The fraction of sp³-hybridized carbons (Fsp3) is 0.190. The number of carbonyl (C=O) groups is 2. The predicted molar refractivity (Wildman–Crippen MR) is 102 cm³/mol. The molecule has 0 spiro atoms. The molecule has 28 heavy (non-hydrogen) atoms. The summed E-state index contributed by atoms with van der Waals surface area (Å²) < 4.78 is 15.1. The zero-order valence-corrected chi connectivity index (χ0v) is 15.6. The van der Waals surface area contributed by atoms with E-state index < -0.39 is 18.5 Å². The molecule has 0 unspecified atom stereocenters. The fourth-order valence-electron chi connectivity index (χ4n) is 2.25. The van der Waals surface area contributed by atoms with Crippen molar-refractivity contribution in [2.75, 3.05) is 20.8 Å². The maximum absolute atomic E-state index is 12.0. The van der Waals surface area contributed by atoms with Crippen LogP contribution in [-0.2, 0) is 20.9 Å². The van der Waals surface area contributed by atoms with Gasteiger partial charge in [-0.25, -0.2) is 4.79 Å². The Bertz CT molecular complexity index is 898. The van der Waals surface area contributed by atoms with E-state index in [0.29, 0.717) is 17.1 Å². The molecule has 0 aliphatic heterocycles. The van der Waals surface area contributed by atoms with Gasteiger partial charge in [-0.1, -0.05) is 24.3 Å². The molecule has 0 fully saturated rings. The van der Waals surface area contributed by atoms with Crippen molar-refractivity contribution in [3.8, 4) is 17.6 Å². The standard InChI is InChI=1S/C21H20N2O5/c1-26-18-8-6-15(7-9-18)10-17(12-22)21(25)28-14-20(24)23-13-16-4-3-5-19(11-16)27-2/h3-11H,13-14H2,1-2H3,(H,23,24)/b17-10+. The number of amides is 1. The van der Waals surface area contributed by atoms with E-state index in [0.717, 1.165) is 5.56 Å². The van der Waals surface area contributed by atoms with Crippen LogP contribution in [0.25, 0.3) is 6.08 Å². The summed E-state index contributed by atoms with van der Waals surface area (Å²) in [6, 6.07) is 15.8. The molecule has 1 amide bonds. The van der Waals surface area contributed by atoms with Gasteiger partial charge in [0.2, 0.25) is 0 Å². The Morgan fingerprint density at radius 2 is 1.79 bits per heavy atom. The van der Waals surface area contributed by atoms with Crippen LogP contribution < -0.4 is 14.8 Å². The number of nitrogens with zero attached hydrogens (tertiary/aromatic N) is 1. The molecule has 0 aromatic heterocycles. The van der Waals surface area contributed by atoms with Crippen LogP contribution in [-0.4, -0.2) is 32.7 Å². The zero-order valence-electron chi connectivity index (χ0n) is 15.6. The first-order valence-corrected chi connectivity index (χ1v) is 8.38. The molecule has 0 atom stereocenters. The third-order valence-corrected chi connectivity index (χ3v) is 3.73. The molecule has 2 aromatic carbocycles. The van der Waals surface area contributed by atoms with Crippen LogP contribution in [0.1, 0.15) is 11.1 Å². The van der Waals surface area contributed by atoms with Crippen LogP contribution in [0.5, 0.6) is 11.5 Å². The number of esters is 1. The number of rotatable bonds is 8. The molecule has 0 saturated heterocycles. The maximum atomic E-state index is 12.0. The number of benzene rings is 2. The van der Waals surface area contributed by atoms with Gasteiger partial charge in [-0.15, -0.1) is 0 Å². The molecule has 1 N–H and O–H groups in total. The maximum Gasteiger partial charge on any atom is 0.349 e. The molecule has 0 aliphatic rings. The minimum absolute atomic E-state index is 0.203. The van der Waals surface area contributed by atoms with Crippen molar-refractivity contribution in [1.29, 1.82) is 5.26 Å². The number of carbonyl (C=O) groups excluding carboxylic acids is 2. The van der Waals surface area contributed by atoms with Gasteiger partial charge in [-0.05, 0) is 41.5 Å². The van der Waals surface area contributed by atoms with Crippen LogP contribution in [0.3, 0.4) is 0 Å². The highest BCUT2D eigenvalue weighted by Crippen LogP contribution is 2.14. The summed E-state index contributed by atoms with van der Waals surface area (Å²) in [5.74, 6) is -0.000736. The first kappa shape index (κ1) is 20.5. The highest BCUT2D eigenvalue weighted by Gasteiger charge is 2.13. The minimum Gasteiger partial charge on any atom is -0.497 e. The second-order valence-corrected chi connectivity index (χ2v) is 5.65. The Morgan fingerprint density at radius 1 is 1.07 bits per heavy atom. The Balaban J connectivity index is 1.87. The smallest absolute Gasteiger partial charge is 0.349 e. The van der Waals surface area contributed by atoms with E-state index in [9.17, 15) is 9.59 Å². The number of ether oxygens (including phenoxy) is 3. The molecule has 144 valence electrons. The van der Waals surface area contributed by atoms with Gasteiger partial charge in [0.05, 0.1) is 14.2 Å². The van der Waals surface area contributed by atoms with Crippen LogP contribution in [0.15, 0.2) is 54.1 Å². The quantitative estimate of drug-likeness (QED) is 0.429. The topological polar surface area (TPSA) is 97.6 Å². The van der Waals surface area contributed by atoms with Crippen LogP contribution in [0.4, 0.5) is 0 Å². The summed E-state index contributed by atoms with van der Waals surface area (Å²) >= 11 is 0. The number of methoxy groups -OCH3 is 2. The monoisotopic (exact) mass is 380 g/mol. The van der Waals surface area contributed by atoms with Gasteiger partial charge < -0.3 is 19.5 Å². The number of nitriles is 1. The predicted octanol–water partition coefficient (Wildman–Crippen LogP) is 2.47. The van der Waals surface area contributed by atoms with Gasteiger partial charge >= 0.3 is 5.97 Å². The summed E-state index contributed by atoms with van der Waals surface area (Å²) in [6.45, 7) is -0.217. The van der Waals surface area contributed by atoms with E-state index >= 15 is 0 Å². The molecular formula is C21H20N2O5. The SMILES string of the molecule is COc1ccc(/C=C(\C#N)C(=O)OCC(=O)NCc2cccc(OC)c2)cc1. The molecule has 7 nitrogen and oxygen atoms in total. The average molecular weight is 380 g/mol. The van der Waals surface area contributed by atoms with Crippen molar-refractivity contribution in [1.82, 2.24) is 5.32 Å². The third kappa shape index (κ3) is 6.18. The average Bonchev–Trinajstić information content (AvgIpc) is 2.74. The lowest BCUT2D eigenvalue weighted by atomic mass is 10.1. The number of nitrogens with one attached hydrogen (secondary N) is 1. The largest absolute Gasteiger partial charge is 0.497 e. The van der Waals surface area contributed by atoms with Crippen molar-refractivity contribution in [3.63, 3.8) is 0 Å². The fourth-order valence-corrected chi connectivity index (χ4v) is 2.25. The van der Waals surface area contributed by atoms with Crippen molar-refractivity contribution < 1.29 is 23.8 Å². The zero-order chi connectivity index (χ0) is 20.4. The molecule has 7 heteroatoms. The van der Waals surface area contributed by atoms with E-state index in [-0.39, 0.29) is 12.1 Å². The van der Waals surface area contributed by atoms with Gasteiger partial charge in [0.15, 0.2) is 6.61 Å². The van der Waals surface area contributed by atoms with Crippen molar-refractivity contribution in [2.24, 2.45) is 0 Å². The molecular weight excluding hydrogens is 360 g/mol. The lowest BCUT2D eigenvalue weighted by molar-refractivity contribution is -0.144. The number of hydrogen-bond acceptors (Lipinski definition) is 6. The van der Waals surface area contributed by atoms with Crippen molar-refractivity contribution in [3.05, 3.63) is 65.2 Å². The second kappa shape index (κ2) is 10.4. The van der Waals surface area contributed by atoms with E-state index in [4.69, 9.17) is 19.5 Å². The molecule has 2 aromatic rings. The minimum atomic E-state index is -0.866. The van der Waals surface area contributed by atoms with Crippen molar-refractivity contribution in [2.45, 2.75) is 6.54 Å². The Morgan fingerprint density at radius 3 is 2.43 bits per heavy atom. The molecule has 0 radical (unpaired) electrons. The Hall–Kier alpha value is -3.79.